The third kappa shape index (κ3) is 14.8. The van der Waals surface area contributed by atoms with Gasteiger partial charge in [0.1, 0.15) is 3.92 Å². The lowest BCUT2D eigenvalue weighted by molar-refractivity contribution is -0.136. The Bertz CT molecular complexity index is 292. The molecule has 0 aliphatic carbocycles. The molecule has 0 saturated carbocycles. The molecule has 0 aliphatic rings. The highest BCUT2D eigenvalue weighted by atomic mass is 127. The molecule has 0 fully saturated rings. The average molecular weight is 424 g/mol. The molecule has 2 atom stereocenters. The van der Waals surface area contributed by atoms with Gasteiger partial charge in [-0.1, -0.05) is 86.6 Å². The molecule has 0 rings (SSSR count). The van der Waals surface area contributed by atoms with Gasteiger partial charge in [-0.2, -0.15) is 0 Å². The largest absolute Gasteiger partial charge is 0.480 e. The fourth-order valence-electron chi connectivity index (χ4n) is 2.36. The topological polar surface area (TPSA) is 57.5 Å². The number of carboxylic acid groups (broad SMARTS) is 1. The number of rotatable bonds is 15. The number of aliphatic hydroxyl groups excluding tert-OH is 1. The van der Waals surface area contributed by atoms with Crippen molar-refractivity contribution < 1.29 is 15.0 Å². The zero-order valence-electron chi connectivity index (χ0n) is 14.0. The lowest BCUT2D eigenvalue weighted by atomic mass is 10.1. The van der Waals surface area contributed by atoms with E-state index in [0.717, 1.165) is 57.8 Å². The van der Waals surface area contributed by atoms with Crippen molar-refractivity contribution in [3.05, 3.63) is 12.2 Å². The number of alkyl halides is 1. The fourth-order valence-corrected chi connectivity index (χ4v) is 2.80. The van der Waals surface area contributed by atoms with E-state index in [1.807, 2.05) is 22.6 Å². The van der Waals surface area contributed by atoms with Crippen LogP contribution in [0.4, 0.5) is 0 Å². The third-order valence-corrected chi connectivity index (χ3v) is 4.97. The van der Waals surface area contributed by atoms with Crippen LogP contribution in [0, 0.1) is 0 Å². The van der Waals surface area contributed by atoms with E-state index in [1.165, 1.54) is 19.3 Å². The van der Waals surface area contributed by atoms with Crippen molar-refractivity contribution in [3.8, 4) is 0 Å². The van der Waals surface area contributed by atoms with Gasteiger partial charge in [-0.05, 0) is 32.1 Å². The molecule has 22 heavy (non-hydrogen) atoms. The molecule has 1 unspecified atom stereocenters. The fraction of sp³-hybridized carbons (Fsp3) is 0.833. The molecule has 0 spiro atoms. The molecular weight excluding hydrogens is 391 g/mol. The maximum Gasteiger partial charge on any atom is 0.316 e. The summed E-state index contributed by atoms with van der Waals surface area (Å²) < 4.78 is -0.240. The van der Waals surface area contributed by atoms with Crippen LogP contribution in [0.2, 0.25) is 0 Å². The Labute approximate surface area is 149 Å². The van der Waals surface area contributed by atoms with Gasteiger partial charge in [0.2, 0.25) is 0 Å². The summed E-state index contributed by atoms with van der Waals surface area (Å²) in [5.41, 5.74) is 0. The van der Waals surface area contributed by atoms with Crippen molar-refractivity contribution in [2.24, 2.45) is 0 Å². The van der Waals surface area contributed by atoms with Gasteiger partial charge in [0.15, 0.2) is 0 Å². The summed E-state index contributed by atoms with van der Waals surface area (Å²) in [4.78, 5) is 10.7. The van der Waals surface area contributed by atoms with Crippen LogP contribution in [0.3, 0.4) is 0 Å². The number of carbonyl (C=O) groups is 1. The van der Waals surface area contributed by atoms with E-state index >= 15 is 0 Å². The zero-order valence-corrected chi connectivity index (χ0v) is 16.1. The Morgan fingerprint density at radius 1 is 1.00 bits per heavy atom. The highest BCUT2D eigenvalue weighted by molar-refractivity contribution is 14.1. The first-order valence-electron chi connectivity index (χ1n) is 8.77. The minimum absolute atomic E-state index is 0.176. The molecule has 0 aromatic rings. The van der Waals surface area contributed by atoms with Gasteiger partial charge in [-0.25, -0.2) is 0 Å². The molecule has 0 aromatic carbocycles. The van der Waals surface area contributed by atoms with E-state index in [-0.39, 0.29) is 10.0 Å². The van der Waals surface area contributed by atoms with Crippen LogP contribution >= 0.6 is 22.6 Å². The van der Waals surface area contributed by atoms with E-state index in [0.29, 0.717) is 0 Å². The highest BCUT2D eigenvalue weighted by Gasteiger charge is 2.11. The number of hydrogen-bond acceptors (Lipinski definition) is 2. The first kappa shape index (κ1) is 21.9. The number of aliphatic carboxylic acids is 1. The van der Waals surface area contributed by atoms with Crippen LogP contribution in [0.5, 0.6) is 0 Å². The molecule has 2 N–H and O–H groups in total. The second kappa shape index (κ2) is 15.8. The Morgan fingerprint density at radius 2 is 1.64 bits per heavy atom. The summed E-state index contributed by atoms with van der Waals surface area (Å²) >= 11 is 2.00. The molecule has 0 aromatic heterocycles. The Balaban J connectivity index is 3.34. The zero-order chi connectivity index (χ0) is 16.6. The summed E-state index contributed by atoms with van der Waals surface area (Å²) in [5, 5.41) is 18.6. The van der Waals surface area contributed by atoms with Gasteiger partial charge < -0.3 is 10.2 Å². The standard InChI is InChI=1S/C18H33IO3/c1-2-3-4-10-13-16(20)14-11-8-6-5-7-9-12-15-17(19)18(21)22/h8,11,16-17,20H,2-7,9-10,12-15H2,1H3,(H,21,22)/b11-8-/t16-,17?/m1/s1. The molecule has 0 aliphatic heterocycles. The number of allylic oxidation sites excluding steroid dienone is 1. The van der Waals surface area contributed by atoms with Crippen molar-refractivity contribution >= 4 is 28.6 Å². The van der Waals surface area contributed by atoms with E-state index in [9.17, 15) is 9.90 Å². The molecule has 4 heteroatoms. The Morgan fingerprint density at radius 3 is 2.32 bits per heavy atom. The van der Waals surface area contributed by atoms with E-state index in [2.05, 4.69) is 19.1 Å². The Hall–Kier alpha value is -0.100. The first-order valence-corrected chi connectivity index (χ1v) is 10.0. The van der Waals surface area contributed by atoms with E-state index in [1.54, 1.807) is 0 Å². The minimum atomic E-state index is -0.697. The monoisotopic (exact) mass is 424 g/mol. The molecule has 0 amide bonds. The molecule has 130 valence electrons. The Kier molecular flexibility index (Phi) is 15.7. The van der Waals surface area contributed by atoms with Crippen molar-refractivity contribution in [1.82, 2.24) is 0 Å². The summed E-state index contributed by atoms with van der Waals surface area (Å²) in [6.45, 7) is 2.20. The lowest BCUT2D eigenvalue weighted by Crippen LogP contribution is -2.11. The maximum atomic E-state index is 10.7. The second-order valence-corrected chi connectivity index (χ2v) is 7.51. The van der Waals surface area contributed by atoms with Crippen LogP contribution in [0.25, 0.3) is 0 Å². The third-order valence-electron chi connectivity index (χ3n) is 3.81. The number of halogens is 1. The van der Waals surface area contributed by atoms with Crippen LogP contribution in [0.1, 0.15) is 84.0 Å². The van der Waals surface area contributed by atoms with E-state index in [4.69, 9.17) is 5.11 Å². The normalized spacial score (nSPS) is 14.3. The minimum Gasteiger partial charge on any atom is -0.480 e. The first-order chi connectivity index (χ1) is 10.6. The number of aliphatic hydroxyl groups is 1. The lowest BCUT2D eigenvalue weighted by Gasteiger charge is -2.07. The second-order valence-electron chi connectivity index (χ2n) is 6.01. The van der Waals surface area contributed by atoms with Gasteiger partial charge in [-0.3, -0.25) is 4.79 Å². The molecule has 0 radical (unpaired) electrons. The molecule has 0 bridgehead atoms. The predicted octanol–water partition coefficient (Wildman–Crippen LogP) is 5.49. The SMILES string of the molecule is CCCCCC[C@@H](O)C/C=C\CCCCCCC(I)C(=O)O. The number of hydrogen-bond donors (Lipinski definition) is 2. The van der Waals surface area contributed by atoms with Gasteiger partial charge >= 0.3 is 5.97 Å². The summed E-state index contributed by atoms with van der Waals surface area (Å²) in [7, 11) is 0. The molecule has 0 heterocycles. The van der Waals surface area contributed by atoms with Gasteiger partial charge in [0, 0.05) is 0 Å². The maximum absolute atomic E-state index is 10.7. The highest BCUT2D eigenvalue weighted by Crippen LogP contribution is 2.14. The van der Waals surface area contributed by atoms with Crippen LogP contribution in [-0.4, -0.2) is 26.2 Å². The summed E-state index contributed by atoms with van der Waals surface area (Å²) in [5.74, 6) is -0.697. The van der Waals surface area contributed by atoms with E-state index < -0.39 is 5.97 Å². The smallest absolute Gasteiger partial charge is 0.316 e. The number of unbranched alkanes of at least 4 members (excludes halogenated alkanes) is 7. The average Bonchev–Trinajstić information content (AvgIpc) is 2.49. The van der Waals surface area contributed by atoms with Crippen LogP contribution in [0.15, 0.2) is 12.2 Å². The van der Waals surface area contributed by atoms with Gasteiger partial charge in [-0.15, -0.1) is 0 Å². The van der Waals surface area contributed by atoms with Gasteiger partial charge in [0.05, 0.1) is 6.10 Å². The number of carboxylic acids is 1. The summed E-state index contributed by atoms with van der Waals surface area (Å²) in [6.07, 6.45) is 17.0. The summed E-state index contributed by atoms with van der Waals surface area (Å²) in [6, 6.07) is 0. The quantitative estimate of drug-likeness (QED) is 0.158. The molecule has 0 saturated heterocycles. The van der Waals surface area contributed by atoms with Crippen LogP contribution < -0.4 is 0 Å². The van der Waals surface area contributed by atoms with Crippen molar-refractivity contribution in [1.29, 1.82) is 0 Å². The van der Waals surface area contributed by atoms with Gasteiger partial charge in [0.25, 0.3) is 0 Å². The molecular formula is C18H33IO3. The van der Waals surface area contributed by atoms with Crippen molar-refractivity contribution in [3.63, 3.8) is 0 Å². The van der Waals surface area contributed by atoms with Crippen LogP contribution in [-0.2, 0) is 4.79 Å². The van der Waals surface area contributed by atoms with Crippen molar-refractivity contribution in [2.75, 3.05) is 0 Å². The molecule has 3 nitrogen and oxygen atoms in total. The van der Waals surface area contributed by atoms with Crippen molar-refractivity contribution in [2.45, 2.75) is 94.0 Å². The predicted molar refractivity (Wildman–Crippen MR) is 102 cm³/mol.